The van der Waals surface area contributed by atoms with Crippen LogP contribution in [0.4, 0.5) is 4.79 Å². The van der Waals surface area contributed by atoms with Gasteiger partial charge >= 0.3 is 0 Å². The van der Waals surface area contributed by atoms with E-state index >= 15 is 0 Å². The van der Waals surface area contributed by atoms with E-state index < -0.39 is 0 Å². The van der Waals surface area contributed by atoms with Crippen LogP contribution in [0, 0.1) is 0 Å². The van der Waals surface area contributed by atoms with Crippen molar-refractivity contribution in [3.63, 3.8) is 0 Å². The summed E-state index contributed by atoms with van der Waals surface area (Å²) in [4.78, 5) is 11.2. The molecule has 80 valence electrons. The van der Waals surface area contributed by atoms with E-state index in [1.165, 1.54) is 11.8 Å². The minimum Gasteiger partial charge on any atom is -0.343 e. The van der Waals surface area contributed by atoms with Crippen molar-refractivity contribution in [2.45, 2.75) is 37.8 Å². The van der Waals surface area contributed by atoms with E-state index in [4.69, 9.17) is 5.73 Å². The molecule has 0 spiro atoms. The molecule has 3 nitrogen and oxygen atoms in total. The third-order valence-corrected chi connectivity index (χ3v) is 2.97. The van der Waals surface area contributed by atoms with Crippen LogP contribution in [0.15, 0.2) is 12.2 Å². The van der Waals surface area contributed by atoms with Crippen LogP contribution in [0.2, 0.25) is 0 Å². The summed E-state index contributed by atoms with van der Waals surface area (Å²) in [7, 11) is 0. The van der Waals surface area contributed by atoms with Crippen molar-refractivity contribution in [1.82, 2.24) is 5.32 Å². The second-order valence-electron chi connectivity index (χ2n) is 3.53. The number of allylic oxidation sites excluding steroid dienone is 2. The Morgan fingerprint density at radius 2 is 2.07 bits per heavy atom. The third-order valence-electron chi connectivity index (χ3n) is 2.48. The predicted molar refractivity (Wildman–Crippen MR) is 61.4 cm³/mol. The molecule has 0 radical (unpaired) electrons. The Morgan fingerprint density at radius 3 is 2.71 bits per heavy atom. The van der Waals surface area contributed by atoms with E-state index in [9.17, 15) is 4.79 Å². The van der Waals surface area contributed by atoms with Crippen LogP contribution < -0.4 is 11.1 Å². The lowest BCUT2D eigenvalue weighted by Crippen LogP contribution is -2.46. The Balaban J connectivity index is 2.47. The Hall–Kier alpha value is -0.480. The van der Waals surface area contributed by atoms with Gasteiger partial charge in [-0.15, -0.1) is 0 Å². The molecule has 0 saturated heterocycles. The SMILES string of the molecule is CSC(=O)N[C@@H]1CC/C=C/CC[C@H]1N. The lowest BCUT2D eigenvalue weighted by Gasteiger charge is -2.25. The minimum atomic E-state index is 0.0232. The number of rotatable bonds is 1. The number of carbonyl (C=O) groups excluding carboxylic acids is 1. The van der Waals surface area contributed by atoms with Gasteiger partial charge in [-0.2, -0.15) is 0 Å². The monoisotopic (exact) mass is 214 g/mol. The van der Waals surface area contributed by atoms with Gasteiger partial charge in [-0.25, -0.2) is 0 Å². The molecular weight excluding hydrogens is 196 g/mol. The van der Waals surface area contributed by atoms with Gasteiger partial charge in [0.15, 0.2) is 0 Å². The molecule has 1 aliphatic carbocycles. The summed E-state index contributed by atoms with van der Waals surface area (Å²) in [5.74, 6) is 0. The molecule has 0 aromatic heterocycles. The first-order valence-corrected chi connectivity index (χ1v) is 6.21. The summed E-state index contributed by atoms with van der Waals surface area (Å²) in [6.45, 7) is 0. The Bertz CT molecular complexity index is 218. The molecule has 0 bridgehead atoms. The summed E-state index contributed by atoms with van der Waals surface area (Å²) in [5, 5.41) is 2.97. The fraction of sp³-hybridized carbons (Fsp3) is 0.700. The van der Waals surface area contributed by atoms with Gasteiger partial charge in [0.2, 0.25) is 0 Å². The van der Waals surface area contributed by atoms with Crippen LogP contribution in [0.3, 0.4) is 0 Å². The smallest absolute Gasteiger partial charge is 0.279 e. The second-order valence-corrected chi connectivity index (χ2v) is 4.31. The van der Waals surface area contributed by atoms with E-state index in [2.05, 4.69) is 17.5 Å². The molecule has 0 aliphatic heterocycles. The Labute approximate surface area is 89.5 Å². The molecule has 0 aromatic rings. The summed E-state index contributed by atoms with van der Waals surface area (Å²) >= 11 is 1.21. The van der Waals surface area contributed by atoms with E-state index in [1.807, 2.05) is 0 Å². The van der Waals surface area contributed by atoms with Crippen molar-refractivity contribution in [1.29, 1.82) is 0 Å². The lowest BCUT2D eigenvalue weighted by molar-refractivity contribution is 0.253. The maximum Gasteiger partial charge on any atom is 0.279 e. The van der Waals surface area contributed by atoms with Gasteiger partial charge in [-0.3, -0.25) is 4.79 Å². The number of amides is 1. The zero-order valence-corrected chi connectivity index (χ0v) is 9.35. The van der Waals surface area contributed by atoms with Crippen molar-refractivity contribution in [3.8, 4) is 0 Å². The largest absolute Gasteiger partial charge is 0.343 e. The van der Waals surface area contributed by atoms with Gasteiger partial charge in [0.1, 0.15) is 0 Å². The standard InChI is InChI=1S/C10H18N2OS/c1-14-10(13)12-9-7-5-3-2-4-6-8(9)11/h2-3,8-9H,4-7,11H2,1H3,(H,12,13)/b3-2+/t8-,9-/m1/s1. The Kier molecular flexibility index (Phi) is 5.04. The zero-order chi connectivity index (χ0) is 10.4. The third kappa shape index (κ3) is 3.72. The summed E-state index contributed by atoms with van der Waals surface area (Å²) in [5.41, 5.74) is 5.99. The highest BCUT2D eigenvalue weighted by atomic mass is 32.2. The van der Waals surface area contributed by atoms with Gasteiger partial charge in [0.25, 0.3) is 5.24 Å². The van der Waals surface area contributed by atoms with Crippen LogP contribution in [0.25, 0.3) is 0 Å². The van der Waals surface area contributed by atoms with Crippen LogP contribution in [-0.2, 0) is 0 Å². The highest BCUT2D eigenvalue weighted by Crippen LogP contribution is 2.12. The molecule has 0 heterocycles. The first-order valence-electron chi connectivity index (χ1n) is 4.99. The number of hydrogen-bond donors (Lipinski definition) is 2. The number of nitrogens with two attached hydrogens (primary N) is 1. The number of nitrogens with one attached hydrogen (secondary N) is 1. The van der Waals surface area contributed by atoms with Gasteiger partial charge < -0.3 is 11.1 Å². The highest BCUT2D eigenvalue weighted by molar-refractivity contribution is 8.12. The van der Waals surface area contributed by atoms with E-state index in [0.29, 0.717) is 0 Å². The number of carbonyl (C=O) groups is 1. The topological polar surface area (TPSA) is 55.1 Å². The van der Waals surface area contributed by atoms with Crippen LogP contribution in [0.5, 0.6) is 0 Å². The summed E-state index contributed by atoms with van der Waals surface area (Å²) in [6, 6.07) is 0.232. The molecule has 0 unspecified atom stereocenters. The maximum atomic E-state index is 11.2. The maximum absolute atomic E-state index is 11.2. The average molecular weight is 214 g/mol. The molecule has 0 fully saturated rings. The fourth-order valence-corrected chi connectivity index (χ4v) is 1.87. The lowest BCUT2D eigenvalue weighted by atomic mass is 9.96. The van der Waals surface area contributed by atoms with Crippen LogP contribution in [0.1, 0.15) is 25.7 Å². The van der Waals surface area contributed by atoms with Crippen molar-refractivity contribution >= 4 is 17.0 Å². The first kappa shape index (κ1) is 11.6. The number of hydrogen-bond acceptors (Lipinski definition) is 3. The zero-order valence-electron chi connectivity index (χ0n) is 8.53. The average Bonchev–Trinajstić information content (AvgIpc) is 2.17. The molecule has 1 aliphatic rings. The molecule has 3 N–H and O–H groups in total. The van der Waals surface area contributed by atoms with Crippen molar-refractivity contribution < 1.29 is 4.79 Å². The van der Waals surface area contributed by atoms with Gasteiger partial charge in [0.05, 0.1) is 0 Å². The normalized spacial score (nSPS) is 30.1. The molecule has 0 saturated carbocycles. The molecular formula is C10H18N2OS. The molecule has 4 heteroatoms. The van der Waals surface area contributed by atoms with Crippen molar-refractivity contribution in [2.75, 3.05) is 6.26 Å². The van der Waals surface area contributed by atoms with Gasteiger partial charge in [-0.1, -0.05) is 23.9 Å². The molecule has 1 amide bonds. The quantitative estimate of drug-likeness (QED) is 0.655. The minimum absolute atomic E-state index is 0.0232. The fourth-order valence-electron chi connectivity index (χ4n) is 1.60. The second kappa shape index (κ2) is 6.09. The van der Waals surface area contributed by atoms with Crippen LogP contribution >= 0.6 is 11.8 Å². The van der Waals surface area contributed by atoms with Crippen LogP contribution in [-0.4, -0.2) is 23.6 Å². The van der Waals surface area contributed by atoms with Crippen molar-refractivity contribution in [2.24, 2.45) is 5.73 Å². The number of thioether (sulfide) groups is 1. The predicted octanol–water partition coefficient (Wildman–Crippen LogP) is 1.89. The molecule has 2 atom stereocenters. The summed E-state index contributed by atoms with van der Waals surface area (Å²) in [6.07, 6.45) is 10.1. The molecule has 1 rings (SSSR count). The summed E-state index contributed by atoms with van der Waals surface area (Å²) < 4.78 is 0. The van der Waals surface area contributed by atoms with Crippen molar-refractivity contribution in [3.05, 3.63) is 12.2 Å². The molecule has 14 heavy (non-hydrogen) atoms. The van der Waals surface area contributed by atoms with Gasteiger partial charge in [-0.05, 0) is 31.9 Å². The molecule has 0 aromatic carbocycles. The van der Waals surface area contributed by atoms with E-state index in [0.717, 1.165) is 25.7 Å². The van der Waals surface area contributed by atoms with E-state index in [-0.39, 0.29) is 17.3 Å². The first-order chi connectivity index (χ1) is 6.74. The van der Waals surface area contributed by atoms with Gasteiger partial charge in [0, 0.05) is 12.1 Å². The Morgan fingerprint density at radius 1 is 1.43 bits per heavy atom. The van der Waals surface area contributed by atoms with E-state index in [1.54, 1.807) is 6.26 Å². The highest BCUT2D eigenvalue weighted by Gasteiger charge is 2.19.